The van der Waals surface area contributed by atoms with E-state index in [2.05, 4.69) is 13.8 Å². The normalized spacial score (nSPS) is 16.8. The van der Waals surface area contributed by atoms with E-state index < -0.39 is 5.60 Å². The molecule has 0 bridgehead atoms. The summed E-state index contributed by atoms with van der Waals surface area (Å²) in [5.74, 6) is 0.699. The molecule has 0 rings (SSSR count). The van der Waals surface area contributed by atoms with Gasteiger partial charge in [-0.05, 0) is 32.1 Å². The first-order valence-corrected chi connectivity index (χ1v) is 7.06. The Hall–Kier alpha value is -0.120. The largest absolute Gasteiger partial charge is 0.389 e. The summed E-state index contributed by atoms with van der Waals surface area (Å²) in [5, 5.41) is 9.71. The van der Waals surface area contributed by atoms with Crippen LogP contribution in [0.25, 0.3) is 0 Å². The van der Waals surface area contributed by atoms with Gasteiger partial charge in [-0.3, -0.25) is 0 Å². The number of ether oxygens (including phenoxy) is 1. The van der Waals surface area contributed by atoms with Crippen molar-refractivity contribution in [1.29, 1.82) is 0 Å². The SMILES string of the molecule is CCCCC(CC)COCCCC(C)(O)CN. The van der Waals surface area contributed by atoms with Crippen molar-refractivity contribution in [1.82, 2.24) is 0 Å². The zero-order chi connectivity index (χ0) is 13.1. The molecule has 0 amide bonds. The minimum absolute atomic E-state index is 0.321. The van der Waals surface area contributed by atoms with Crippen molar-refractivity contribution in [3.8, 4) is 0 Å². The molecule has 3 heteroatoms. The topological polar surface area (TPSA) is 55.5 Å². The van der Waals surface area contributed by atoms with Crippen molar-refractivity contribution in [2.45, 2.75) is 64.9 Å². The Bertz CT molecular complexity index is 172. The van der Waals surface area contributed by atoms with Gasteiger partial charge in [-0.2, -0.15) is 0 Å². The molecule has 0 aliphatic rings. The molecule has 0 saturated carbocycles. The monoisotopic (exact) mass is 245 g/mol. The van der Waals surface area contributed by atoms with Crippen LogP contribution in [0.3, 0.4) is 0 Å². The van der Waals surface area contributed by atoms with E-state index in [1.807, 2.05) is 0 Å². The molecule has 2 atom stereocenters. The van der Waals surface area contributed by atoms with E-state index in [0.717, 1.165) is 26.1 Å². The van der Waals surface area contributed by atoms with Crippen molar-refractivity contribution in [3.63, 3.8) is 0 Å². The Morgan fingerprint density at radius 2 is 2.00 bits per heavy atom. The third-order valence-corrected chi connectivity index (χ3v) is 3.34. The fraction of sp³-hybridized carbons (Fsp3) is 1.00. The van der Waals surface area contributed by atoms with E-state index in [0.29, 0.717) is 12.5 Å². The quantitative estimate of drug-likeness (QED) is 0.550. The molecule has 3 nitrogen and oxygen atoms in total. The molecule has 0 aromatic carbocycles. The minimum Gasteiger partial charge on any atom is -0.389 e. The van der Waals surface area contributed by atoms with Crippen LogP contribution in [0.2, 0.25) is 0 Å². The Kier molecular flexibility index (Phi) is 9.79. The van der Waals surface area contributed by atoms with Crippen molar-refractivity contribution >= 4 is 0 Å². The predicted molar refractivity (Wildman–Crippen MR) is 73.0 cm³/mol. The summed E-state index contributed by atoms with van der Waals surface area (Å²) in [6, 6.07) is 0. The molecule has 104 valence electrons. The molecule has 0 fully saturated rings. The molecular weight excluding hydrogens is 214 g/mol. The lowest BCUT2D eigenvalue weighted by atomic mass is 10.00. The fourth-order valence-electron chi connectivity index (χ4n) is 1.81. The van der Waals surface area contributed by atoms with Crippen LogP contribution in [-0.2, 0) is 4.74 Å². The molecule has 0 spiro atoms. The van der Waals surface area contributed by atoms with E-state index in [1.165, 1.54) is 25.7 Å². The van der Waals surface area contributed by atoms with E-state index >= 15 is 0 Å². The Balaban J connectivity index is 3.48. The van der Waals surface area contributed by atoms with Crippen LogP contribution in [-0.4, -0.2) is 30.5 Å². The number of aliphatic hydroxyl groups is 1. The molecule has 0 aliphatic carbocycles. The van der Waals surface area contributed by atoms with Crippen LogP contribution in [0.4, 0.5) is 0 Å². The average Bonchev–Trinajstić information content (AvgIpc) is 2.32. The van der Waals surface area contributed by atoms with Gasteiger partial charge in [0.1, 0.15) is 0 Å². The Morgan fingerprint density at radius 1 is 1.29 bits per heavy atom. The summed E-state index contributed by atoms with van der Waals surface area (Å²) in [7, 11) is 0. The molecule has 3 N–H and O–H groups in total. The first kappa shape index (κ1) is 16.9. The molecule has 17 heavy (non-hydrogen) atoms. The second-order valence-electron chi connectivity index (χ2n) is 5.30. The lowest BCUT2D eigenvalue weighted by Crippen LogP contribution is -2.34. The van der Waals surface area contributed by atoms with E-state index in [-0.39, 0.29) is 0 Å². The van der Waals surface area contributed by atoms with Crippen LogP contribution in [0.1, 0.15) is 59.3 Å². The zero-order valence-corrected chi connectivity index (χ0v) is 11.9. The Labute approximate surface area is 107 Å². The highest BCUT2D eigenvalue weighted by atomic mass is 16.5. The maximum absolute atomic E-state index is 9.71. The fourth-order valence-corrected chi connectivity index (χ4v) is 1.81. The smallest absolute Gasteiger partial charge is 0.0742 e. The number of nitrogens with two attached hydrogens (primary N) is 1. The van der Waals surface area contributed by atoms with Crippen LogP contribution < -0.4 is 5.73 Å². The van der Waals surface area contributed by atoms with Gasteiger partial charge in [-0.25, -0.2) is 0 Å². The van der Waals surface area contributed by atoms with Crippen molar-refractivity contribution in [2.24, 2.45) is 11.7 Å². The molecule has 0 aromatic heterocycles. The Morgan fingerprint density at radius 3 is 2.53 bits per heavy atom. The zero-order valence-electron chi connectivity index (χ0n) is 11.9. The molecule has 2 unspecified atom stereocenters. The minimum atomic E-state index is -0.726. The van der Waals surface area contributed by atoms with Gasteiger partial charge in [0.25, 0.3) is 0 Å². The van der Waals surface area contributed by atoms with Crippen LogP contribution in [0.5, 0.6) is 0 Å². The first-order valence-electron chi connectivity index (χ1n) is 7.06. The summed E-state index contributed by atoms with van der Waals surface area (Å²) in [5.41, 5.74) is 4.73. The standard InChI is InChI=1S/C14H31NO2/c1-4-6-8-13(5-2)11-17-10-7-9-14(3,16)12-15/h13,16H,4-12,15H2,1-3H3. The number of hydrogen-bond acceptors (Lipinski definition) is 3. The molecule has 0 heterocycles. The van der Waals surface area contributed by atoms with E-state index in [1.54, 1.807) is 6.92 Å². The van der Waals surface area contributed by atoms with Gasteiger partial charge in [-0.1, -0.05) is 33.1 Å². The second kappa shape index (κ2) is 9.86. The highest BCUT2D eigenvalue weighted by Gasteiger charge is 2.16. The number of rotatable bonds is 11. The van der Waals surface area contributed by atoms with Crippen LogP contribution in [0, 0.1) is 5.92 Å². The molecule has 0 saturated heterocycles. The van der Waals surface area contributed by atoms with Gasteiger partial charge in [0.2, 0.25) is 0 Å². The molecule has 0 aliphatic heterocycles. The highest BCUT2D eigenvalue weighted by molar-refractivity contribution is 4.72. The van der Waals surface area contributed by atoms with Gasteiger partial charge in [0.05, 0.1) is 5.60 Å². The lowest BCUT2D eigenvalue weighted by Gasteiger charge is -2.21. The number of hydrogen-bond donors (Lipinski definition) is 2. The summed E-state index contributed by atoms with van der Waals surface area (Å²) >= 11 is 0. The van der Waals surface area contributed by atoms with Crippen LogP contribution in [0.15, 0.2) is 0 Å². The average molecular weight is 245 g/mol. The second-order valence-corrected chi connectivity index (χ2v) is 5.30. The summed E-state index contributed by atoms with van der Waals surface area (Å²) in [6.45, 7) is 8.15. The van der Waals surface area contributed by atoms with E-state index in [4.69, 9.17) is 10.5 Å². The van der Waals surface area contributed by atoms with E-state index in [9.17, 15) is 5.11 Å². The van der Waals surface area contributed by atoms with Gasteiger partial charge in [-0.15, -0.1) is 0 Å². The lowest BCUT2D eigenvalue weighted by molar-refractivity contribution is 0.0371. The van der Waals surface area contributed by atoms with Gasteiger partial charge < -0.3 is 15.6 Å². The summed E-state index contributed by atoms with van der Waals surface area (Å²) in [4.78, 5) is 0. The third-order valence-electron chi connectivity index (χ3n) is 3.34. The third kappa shape index (κ3) is 9.57. The molecular formula is C14H31NO2. The summed E-state index contributed by atoms with van der Waals surface area (Å²) in [6.07, 6.45) is 6.62. The van der Waals surface area contributed by atoms with Gasteiger partial charge in [0, 0.05) is 19.8 Å². The van der Waals surface area contributed by atoms with Crippen molar-refractivity contribution in [3.05, 3.63) is 0 Å². The maximum atomic E-state index is 9.71. The van der Waals surface area contributed by atoms with Gasteiger partial charge >= 0.3 is 0 Å². The van der Waals surface area contributed by atoms with Crippen LogP contribution >= 0.6 is 0 Å². The summed E-state index contributed by atoms with van der Waals surface area (Å²) < 4.78 is 5.67. The first-order chi connectivity index (χ1) is 8.05. The van der Waals surface area contributed by atoms with Crippen molar-refractivity contribution in [2.75, 3.05) is 19.8 Å². The maximum Gasteiger partial charge on any atom is 0.0742 e. The predicted octanol–water partition coefficient (Wildman–Crippen LogP) is 2.71. The molecule has 0 aromatic rings. The van der Waals surface area contributed by atoms with Crippen molar-refractivity contribution < 1.29 is 9.84 Å². The molecule has 0 radical (unpaired) electrons. The highest BCUT2D eigenvalue weighted by Crippen LogP contribution is 2.14. The van der Waals surface area contributed by atoms with Gasteiger partial charge in [0.15, 0.2) is 0 Å². The number of unbranched alkanes of at least 4 members (excludes halogenated alkanes) is 1.